The molecule has 100 valence electrons. The molecule has 1 saturated carbocycles. The van der Waals surface area contributed by atoms with Crippen molar-refractivity contribution < 1.29 is 9.90 Å². The van der Waals surface area contributed by atoms with Gasteiger partial charge in [0.15, 0.2) is 0 Å². The van der Waals surface area contributed by atoms with Crippen molar-refractivity contribution in [3.05, 3.63) is 46.2 Å². The Morgan fingerprint density at radius 1 is 1.30 bits per heavy atom. The first-order valence-corrected chi connectivity index (χ1v) is 7.28. The van der Waals surface area contributed by atoms with Crippen LogP contribution in [0, 0.1) is 0 Å². The fourth-order valence-electron chi connectivity index (χ4n) is 2.62. The van der Waals surface area contributed by atoms with Crippen LogP contribution in [0.15, 0.2) is 35.3 Å². The van der Waals surface area contributed by atoms with Gasteiger partial charge in [0.25, 0.3) is 0 Å². The number of hydrogen-bond acceptors (Lipinski definition) is 3. The van der Waals surface area contributed by atoms with E-state index in [-0.39, 0.29) is 11.0 Å². The maximum absolute atomic E-state index is 12.4. The van der Waals surface area contributed by atoms with E-state index in [9.17, 15) is 14.7 Å². The van der Waals surface area contributed by atoms with Crippen molar-refractivity contribution in [3.8, 4) is 0 Å². The van der Waals surface area contributed by atoms with Crippen LogP contribution < -0.4 is 5.43 Å². The molecule has 0 radical (unpaired) electrons. The van der Waals surface area contributed by atoms with Crippen LogP contribution in [0.4, 0.5) is 0 Å². The molecule has 0 bridgehead atoms. The van der Waals surface area contributed by atoms with Gasteiger partial charge in [0.2, 0.25) is 5.43 Å². The summed E-state index contributed by atoms with van der Waals surface area (Å²) in [6.07, 6.45) is 3.60. The third kappa shape index (κ3) is 1.53. The van der Waals surface area contributed by atoms with Crippen molar-refractivity contribution in [1.29, 1.82) is 0 Å². The van der Waals surface area contributed by atoms with E-state index in [1.165, 1.54) is 17.5 Å². The molecular formula is C15H11NO3S. The van der Waals surface area contributed by atoms with E-state index in [1.54, 1.807) is 0 Å². The number of carbonyl (C=O) groups is 1. The van der Waals surface area contributed by atoms with Crippen LogP contribution in [0.3, 0.4) is 0 Å². The molecule has 0 unspecified atom stereocenters. The summed E-state index contributed by atoms with van der Waals surface area (Å²) in [5.41, 5.74) is 0.393. The summed E-state index contributed by atoms with van der Waals surface area (Å²) in [5.74, 6) is -1.15. The predicted octanol–water partition coefficient (Wildman–Crippen LogP) is 3.25. The average Bonchev–Trinajstić information content (AvgIpc) is 3.19. The van der Waals surface area contributed by atoms with Crippen LogP contribution in [-0.2, 0) is 0 Å². The zero-order chi connectivity index (χ0) is 13.9. The van der Waals surface area contributed by atoms with Gasteiger partial charge in [0.05, 0.1) is 5.52 Å². The Morgan fingerprint density at radius 3 is 2.75 bits per heavy atom. The van der Waals surface area contributed by atoms with Gasteiger partial charge in [0, 0.05) is 22.3 Å². The monoisotopic (exact) mass is 285 g/mol. The number of hydrogen-bond donors (Lipinski definition) is 1. The number of thiophene rings is 1. The lowest BCUT2D eigenvalue weighted by Crippen LogP contribution is -2.17. The van der Waals surface area contributed by atoms with Gasteiger partial charge in [-0.1, -0.05) is 18.2 Å². The lowest BCUT2D eigenvalue weighted by atomic mass is 10.2. The molecule has 0 saturated heterocycles. The molecule has 4 rings (SSSR count). The fraction of sp³-hybridized carbons (Fsp3) is 0.200. The Bertz CT molecular complexity index is 918. The molecule has 1 aliphatic carbocycles. The Hall–Kier alpha value is -2.14. The lowest BCUT2D eigenvalue weighted by molar-refractivity contribution is 0.0695. The standard InChI is InChI=1S/C15H11NO3S/c17-13-10(15(18)19)7-16(8-5-6-8)12-9-3-1-2-4-11(9)20-14(12)13/h1-4,7-8H,5-6H2,(H,18,19). The van der Waals surface area contributed by atoms with Crippen molar-refractivity contribution in [2.75, 3.05) is 0 Å². The SMILES string of the molecule is O=C(O)c1cn(C2CC2)c2c(sc3ccccc32)c1=O. The van der Waals surface area contributed by atoms with Gasteiger partial charge in [-0.15, -0.1) is 11.3 Å². The third-order valence-electron chi connectivity index (χ3n) is 3.72. The zero-order valence-electron chi connectivity index (χ0n) is 10.5. The van der Waals surface area contributed by atoms with E-state index >= 15 is 0 Å². The minimum absolute atomic E-state index is 0.129. The van der Waals surface area contributed by atoms with Crippen molar-refractivity contribution in [1.82, 2.24) is 4.57 Å². The van der Waals surface area contributed by atoms with Crippen molar-refractivity contribution >= 4 is 37.6 Å². The molecular weight excluding hydrogens is 274 g/mol. The first-order chi connectivity index (χ1) is 9.66. The molecule has 2 aromatic heterocycles. The number of carboxylic acid groups (broad SMARTS) is 1. The van der Waals surface area contributed by atoms with E-state index in [1.807, 2.05) is 28.8 Å². The minimum atomic E-state index is -1.15. The second-order valence-electron chi connectivity index (χ2n) is 5.09. The van der Waals surface area contributed by atoms with E-state index in [2.05, 4.69) is 0 Å². The molecule has 20 heavy (non-hydrogen) atoms. The van der Waals surface area contributed by atoms with Crippen LogP contribution in [0.25, 0.3) is 20.3 Å². The van der Waals surface area contributed by atoms with Gasteiger partial charge in [-0.3, -0.25) is 4.79 Å². The van der Waals surface area contributed by atoms with Crippen LogP contribution in [0.5, 0.6) is 0 Å². The highest BCUT2D eigenvalue weighted by Gasteiger charge is 2.28. The molecule has 0 atom stereocenters. The Morgan fingerprint density at radius 2 is 2.05 bits per heavy atom. The molecule has 2 heterocycles. The minimum Gasteiger partial charge on any atom is -0.477 e. The molecule has 1 aliphatic rings. The number of benzene rings is 1. The number of pyridine rings is 1. The summed E-state index contributed by atoms with van der Waals surface area (Å²) in [5, 5.41) is 10.3. The van der Waals surface area contributed by atoms with Gasteiger partial charge in [0.1, 0.15) is 10.3 Å². The molecule has 5 heteroatoms. The average molecular weight is 285 g/mol. The third-order valence-corrected chi connectivity index (χ3v) is 4.88. The van der Waals surface area contributed by atoms with Crippen molar-refractivity contribution in [2.45, 2.75) is 18.9 Å². The van der Waals surface area contributed by atoms with Gasteiger partial charge in [-0.05, 0) is 18.9 Å². The Labute approximate surface area is 117 Å². The Balaban J connectivity index is 2.24. The fourth-order valence-corrected chi connectivity index (χ4v) is 3.78. The number of rotatable bonds is 2. The summed E-state index contributed by atoms with van der Waals surface area (Å²) < 4.78 is 3.56. The number of fused-ring (bicyclic) bond motifs is 3. The first kappa shape index (κ1) is 11.7. The quantitative estimate of drug-likeness (QED) is 0.786. The lowest BCUT2D eigenvalue weighted by Gasteiger charge is -2.08. The summed E-state index contributed by atoms with van der Waals surface area (Å²) in [4.78, 5) is 23.6. The van der Waals surface area contributed by atoms with Gasteiger partial charge >= 0.3 is 5.97 Å². The molecule has 1 fully saturated rings. The topological polar surface area (TPSA) is 59.3 Å². The number of aromatic nitrogens is 1. The molecule has 0 amide bonds. The number of aromatic carboxylic acids is 1. The predicted molar refractivity (Wildman–Crippen MR) is 78.8 cm³/mol. The molecule has 1 N–H and O–H groups in total. The van der Waals surface area contributed by atoms with E-state index < -0.39 is 5.97 Å². The molecule has 0 aliphatic heterocycles. The summed E-state index contributed by atoms with van der Waals surface area (Å²) in [6, 6.07) is 8.17. The summed E-state index contributed by atoms with van der Waals surface area (Å²) in [6.45, 7) is 0. The van der Waals surface area contributed by atoms with Gasteiger partial charge in [-0.2, -0.15) is 0 Å². The highest BCUT2D eigenvalue weighted by molar-refractivity contribution is 7.25. The molecule has 4 nitrogen and oxygen atoms in total. The van der Waals surface area contributed by atoms with Gasteiger partial charge in [-0.25, -0.2) is 4.79 Å². The maximum Gasteiger partial charge on any atom is 0.341 e. The van der Waals surface area contributed by atoms with E-state index in [4.69, 9.17) is 0 Å². The second kappa shape index (κ2) is 3.93. The van der Waals surface area contributed by atoms with Crippen LogP contribution in [0.1, 0.15) is 29.2 Å². The van der Waals surface area contributed by atoms with Crippen LogP contribution in [-0.4, -0.2) is 15.6 Å². The highest BCUT2D eigenvalue weighted by atomic mass is 32.1. The van der Waals surface area contributed by atoms with E-state index in [0.717, 1.165) is 28.4 Å². The molecule has 0 spiro atoms. The number of nitrogens with zero attached hydrogens (tertiary/aromatic N) is 1. The zero-order valence-corrected chi connectivity index (χ0v) is 11.3. The number of carboxylic acids is 1. The summed E-state index contributed by atoms with van der Waals surface area (Å²) in [7, 11) is 0. The summed E-state index contributed by atoms with van der Waals surface area (Å²) >= 11 is 1.38. The molecule has 3 aromatic rings. The molecule has 1 aromatic carbocycles. The van der Waals surface area contributed by atoms with Crippen LogP contribution in [0.2, 0.25) is 0 Å². The smallest absolute Gasteiger partial charge is 0.341 e. The highest BCUT2D eigenvalue weighted by Crippen LogP contribution is 2.40. The van der Waals surface area contributed by atoms with Crippen LogP contribution >= 0.6 is 11.3 Å². The normalized spacial score (nSPS) is 15.0. The first-order valence-electron chi connectivity index (χ1n) is 6.46. The van der Waals surface area contributed by atoms with Crippen molar-refractivity contribution in [3.63, 3.8) is 0 Å². The van der Waals surface area contributed by atoms with Gasteiger partial charge < -0.3 is 9.67 Å². The second-order valence-corrected chi connectivity index (χ2v) is 6.14. The Kier molecular flexibility index (Phi) is 2.29. The van der Waals surface area contributed by atoms with Crippen molar-refractivity contribution in [2.24, 2.45) is 0 Å². The maximum atomic E-state index is 12.4. The largest absolute Gasteiger partial charge is 0.477 e. The van der Waals surface area contributed by atoms with E-state index in [0.29, 0.717) is 10.7 Å².